The fourth-order valence-electron chi connectivity index (χ4n) is 8.00. The molecule has 344 valence electrons. The van der Waals surface area contributed by atoms with Crippen molar-refractivity contribution >= 4 is 37.0 Å². The number of Topliss-reactive ketones (excluding diaryl/α,β-unsaturated/α-hetero) is 1. The first-order valence-electron chi connectivity index (χ1n) is 21.8. The van der Waals surface area contributed by atoms with Crippen LogP contribution < -0.4 is 21.7 Å². The molecule has 1 aliphatic carbocycles. The summed E-state index contributed by atoms with van der Waals surface area (Å²) in [6.07, 6.45) is 3.98. The zero-order chi connectivity index (χ0) is 46.3. The highest BCUT2D eigenvalue weighted by atomic mass is 31.2. The lowest BCUT2D eigenvalue weighted by Crippen LogP contribution is -2.49. The number of nitrogens with one attached hydrogen (secondary N) is 3. The van der Waals surface area contributed by atoms with E-state index in [0.29, 0.717) is 36.8 Å². The van der Waals surface area contributed by atoms with Crippen molar-refractivity contribution in [3.8, 4) is 0 Å². The summed E-state index contributed by atoms with van der Waals surface area (Å²) in [7, 11) is -5.86. The van der Waals surface area contributed by atoms with Crippen LogP contribution in [0, 0.1) is 23.7 Å². The first-order valence-corrected chi connectivity index (χ1v) is 23.4. The molecule has 1 fully saturated rings. The molecule has 4 amide bonds. The number of unbranched alkanes of at least 4 members (excludes halogenated alkanes) is 1. The Bertz CT molecular complexity index is 2030. The minimum atomic E-state index is -5.86. The van der Waals surface area contributed by atoms with Gasteiger partial charge < -0.3 is 36.2 Å². The topological polar surface area (TPSA) is 214 Å². The molecule has 1 aliphatic rings. The van der Waals surface area contributed by atoms with Gasteiger partial charge in [0.25, 0.3) is 5.91 Å². The number of carbonyl (C=O) groups is 5. The van der Waals surface area contributed by atoms with Crippen LogP contribution in [0.5, 0.6) is 0 Å². The number of carbonyl (C=O) groups excluding carboxylic acids is 5. The molecule has 3 aromatic rings. The van der Waals surface area contributed by atoms with Crippen molar-refractivity contribution in [3.05, 3.63) is 107 Å². The summed E-state index contributed by atoms with van der Waals surface area (Å²) in [6, 6.07) is 18.0. The van der Waals surface area contributed by atoms with Crippen molar-refractivity contribution in [2.75, 3.05) is 13.2 Å². The van der Waals surface area contributed by atoms with E-state index in [1.807, 2.05) is 25.1 Å². The third-order valence-corrected chi connectivity index (χ3v) is 12.8. The Labute approximate surface area is 368 Å². The normalized spacial score (nSPS) is 18.2. The molecule has 0 aliphatic heterocycles. The van der Waals surface area contributed by atoms with Gasteiger partial charge in [0.2, 0.25) is 17.7 Å². The van der Waals surface area contributed by atoms with E-state index >= 15 is 0 Å². The van der Waals surface area contributed by atoms with Crippen LogP contribution in [0.1, 0.15) is 105 Å². The second-order valence-corrected chi connectivity index (χ2v) is 18.8. The lowest BCUT2D eigenvalue weighted by Gasteiger charge is -2.37. The SMILES string of the molecule is CCc1ccc(C(=O)NCCCCC(NC(=O)C(CC(=O)C(Cc2ccccc2)NC(=O)COC2CC(C)CCC2C(C)C)Cc2ccc(C(F)(F)P(=O)(O)O)cc2)C(N)=O)cc1. The van der Waals surface area contributed by atoms with Crippen LogP contribution in [0.3, 0.4) is 0 Å². The number of alkyl halides is 2. The highest BCUT2D eigenvalue weighted by molar-refractivity contribution is 7.52. The molecule has 16 heteroatoms. The Balaban J connectivity index is 1.50. The maximum Gasteiger partial charge on any atom is 0.399 e. The standard InChI is InChI=1S/C47H63F2N4O9P/c1-5-32-15-19-35(20-16-32)45(57)51-24-10-9-13-39(44(50)56)53-46(58)36(26-34-17-21-37(22-18-34)47(48,49)63(59,60)61)28-41(54)40(27-33-11-7-6-8-12-33)52-43(55)29-62-42-25-31(4)14-23-38(42)30(2)3/h6-8,11-12,15-22,30-31,36,38-40,42H,5,9-10,13-14,23-29H2,1-4H3,(H2,50,56)(H,51,57)(H,52,55)(H,53,58)(H2,59,60,61). The van der Waals surface area contributed by atoms with Crippen molar-refractivity contribution in [2.45, 2.75) is 116 Å². The number of benzene rings is 3. The van der Waals surface area contributed by atoms with E-state index in [2.05, 4.69) is 36.7 Å². The van der Waals surface area contributed by atoms with Crippen molar-refractivity contribution in [3.63, 3.8) is 0 Å². The fraction of sp³-hybridized carbons (Fsp3) is 0.511. The first-order chi connectivity index (χ1) is 29.8. The minimum Gasteiger partial charge on any atom is -0.368 e. The van der Waals surface area contributed by atoms with Crippen LogP contribution in [-0.2, 0) is 53.4 Å². The van der Waals surface area contributed by atoms with Crippen LogP contribution in [0.25, 0.3) is 0 Å². The number of nitrogens with two attached hydrogens (primary N) is 1. The van der Waals surface area contributed by atoms with Crippen molar-refractivity contribution < 1.29 is 51.8 Å². The van der Waals surface area contributed by atoms with Gasteiger partial charge in [-0.15, -0.1) is 0 Å². The number of amides is 4. The third-order valence-electron chi connectivity index (χ3n) is 11.9. The molecular weight excluding hydrogens is 834 g/mol. The highest BCUT2D eigenvalue weighted by Gasteiger charge is 2.50. The zero-order valence-electron chi connectivity index (χ0n) is 36.6. The van der Waals surface area contributed by atoms with Gasteiger partial charge in [-0.3, -0.25) is 28.5 Å². The Morgan fingerprint density at radius 3 is 2.10 bits per heavy atom. The average Bonchev–Trinajstić information content (AvgIpc) is 3.24. The van der Waals surface area contributed by atoms with E-state index in [1.54, 1.807) is 36.4 Å². The second-order valence-electron chi connectivity index (χ2n) is 17.1. The summed E-state index contributed by atoms with van der Waals surface area (Å²) in [6.45, 7) is 8.45. The molecule has 13 nitrogen and oxygen atoms in total. The molecule has 3 aromatic carbocycles. The number of hydrogen-bond acceptors (Lipinski definition) is 7. The molecule has 0 saturated heterocycles. The second kappa shape index (κ2) is 23.7. The van der Waals surface area contributed by atoms with Crippen LogP contribution in [0.15, 0.2) is 78.9 Å². The molecule has 0 bridgehead atoms. The van der Waals surface area contributed by atoms with Crippen molar-refractivity contribution in [2.24, 2.45) is 29.4 Å². The quantitative estimate of drug-likeness (QED) is 0.0435. The van der Waals surface area contributed by atoms with Crippen LogP contribution in [-0.4, -0.2) is 70.5 Å². The van der Waals surface area contributed by atoms with Gasteiger partial charge in [-0.1, -0.05) is 101 Å². The summed E-state index contributed by atoms with van der Waals surface area (Å²) in [5.41, 5.74) is 2.93. The average molecular weight is 897 g/mol. The number of ether oxygens (including phenoxy) is 1. The number of aryl methyl sites for hydroxylation is 1. The predicted octanol–water partition coefficient (Wildman–Crippen LogP) is 6.37. The molecule has 0 aromatic heterocycles. The Morgan fingerprint density at radius 2 is 1.49 bits per heavy atom. The molecule has 6 unspecified atom stereocenters. The van der Waals surface area contributed by atoms with Gasteiger partial charge in [0.1, 0.15) is 12.6 Å². The monoisotopic (exact) mass is 896 g/mol. The molecule has 0 radical (unpaired) electrons. The number of primary amides is 1. The van der Waals surface area contributed by atoms with Crippen LogP contribution in [0.2, 0.25) is 0 Å². The first kappa shape index (κ1) is 50.8. The molecule has 63 heavy (non-hydrogen) atoms. The molecule has 0 spiro atoms. The molecule has 1 saturated carbocycles. The molecule has 4 rings (SSSR count). The summed E-state index contributed by atoms with van der Waals surface area (Å²) in [5.74, 6) is -2.96. The molecule has 6 atom stereocenters. The number of halogens is 2. The number of hydrogen-bond donors (Lipinski definition) is 6. The maximum absolute atomic E-state index is 14.5. The lowest BCUT2D eigenvalue weighted by molar-refractivity contribution is -0.136. The Kier molecular flexibility index (Phi) is 19.2. The van der Waals surface area contributed by atoms with Gasteiger partial charge in [0.05, 0.1) is 12.1 Å². The predicted molar refractivity (Wildman–Crippen MR) is 235 cm³/mol. The highest BCUT2D eigenvalue weighted by Crippen LogP contribution is 2.59. The van der Waals surface area contributed by atoms with Gasteiger partial charge in [-0.25, -0.2) is 0 Å². The van der Waals surface area contributed by atoms with E-state index in [0.717, 1.165) is 48.9 Å². The van der Waals surface area contributed by atoms with E-state index in [1.165, 1.54) is 12.1 Å². The summed E-state index contributed by atoms with van der Waals surface area (Å²) >= 11 is 0. The van der Waals surface area contributed by atoms with Crippen molar-refractivity contribution in [1.82, 2.24) is 16.0 Å². The molecular formula is C47H63F2N4O9P. The molecule has 7 N–H and O–H groups in total. The fourth-order valence-corrected chi connectivity index (χ4v) is 8.49. The van der Waals surface area contributed by atoms with Gasteiger partial charge >= 0.3 is 13.3 Å². The van der Waals surface area contributed by atoms with Crippen LogP contribution >= 0.6 is 7.60 Å². The molecule has 0 heterocycles. The van der Waals surface area contributed by atoms with Gasteiger partial charge in [-0.2, -0.15) is 8.78 Å². The van der Waals surface area contributed by atoms with Gasteiger partial charge in [0.15, 0.2) is 5.78 Å². The van der Waals surface area contributed by atoms with E-state index in [-0.39, 0.29) is 49.4 Å². The largest absolute Gasteiger partial charge is 0.399 e. The van der Waals surface area contributed by atoms with E-state index in [4.69, 9.17) is 10.5 Å². The Hall–Kier alpha value is -4.82. The Morgan fingerprint density at radius 1 is 0.857 bits per heavy atom. The number of ketones is 1. The van der Waals surface area contributed by atoms with Gasteiger partial charge in [-0.05, 0) is 97.9 Å². The summed E-state index contributed by atoms with van der Waals surface area (Å²) in [5, 5.41) is 8.31. The zero-order valence-corrected chi connectivity index (χ0v) is 37.5. The van der Waals surface area contributed by atoms with E-state index < -0.39 is 66.8 Å². The maximum atomic E-state index is 14.5. The minimum absolute atomic E-state index is 0.0888. The number of rotatable bonds is 24. The summed E-state index contributed by atoms with van der Waals surface area (Å²) in [4.78, 5) is 85.5. The summed E-state index contributed by atoms with van der Waals surface area (Å²) < 4.78 is 46.7. The van der Waals surface area contributed by atoms with Crippen molar-refractivity contribution in [1.29, 1.82) is 0 Å². The lowest BCUT2D eigenvalue weighted by atomic mass is 9.75. The van der Waals surface area contributed by atoms with Crippen LogP contribution in [0.4, 0.5) is 8.78 Å². The smallest absolute Gasteiger partial charge is 0.368 e. The third kappa shape index (κ3) is 15.4. The van der Waals surface area contributed by atoms with E-state index in [9.17, 15) is 47.1 Å². The van der Waals surface area contributed by atoms with Gasteiger partial charge in [0, 0.05) is 30.0 Å².